The van der Waals surface area contributed by atoms with Crippen molar-refractivity contribution in [2.75, 3.05) is 33.2 Å². The molecule has 0 unspecified atom stereocenters. The fraction of sp³-hybridized carbons (Fsp3) is 0.458. The van der Waals surface area contributed by atoms with Crippen molar-refractivity contribution in [3.05, 3.63) is 70.3 Å². The number of aryl methyl sites for hydroxylation is 2. The molecule has 1 fully saturated rings. The maximum Gasteiger partial charge on any atom is 0.251 e. The topological polar surface area (TPSA) is 69.7 Å². The van der Waals surface area contributed by atoms with Gasteiger partial charge in [-0.15, -0.1) is 0 Å². The molecule has 1 aliphatic heterocycles. The first-order valence-corrected chi connectivity index (χ1v) is 12.4. The van der Waals surface area contributed by atoms with Crippen LogP contribution < -0.4 is 5.32 Å². The number of amides is 1. The number of nitrogens with one attached hydrogen (secondary N) is 1. The van der Waals surface area contributed by atoms with Gasteiger partial charge in [-0.3, -0.25) is 4.79 Å². The van der Waals surface area contributed by atoms with Crippen LogP contribution in [0.4, 0.5) is 0 Å². The number of carbonyl (C=O) groups is 1. The van der Waals surface area contributed by atoms with Gasteiger partial charge in [0.15, 0.2) is 0 Å². The van der Waals surface area contributed by atoms with Gasteiger partial charge in [0.05, 0.1) is 11.8 Å². The molecule has 6 nitrogen and oxygen atoms in total. The van der Waals surface area contributed by atoms with E-state index in [0.29, 0.717) is 24.2 Å². The molecule has 1 saturated heterocycles. The van der Waals surface area contributed by atoms with E-state index < -0.39 is 10.0 Å². The summed E-state index contributed by atoms with van der Waals surface area (Å²) in [7, 11) is -1.36. The second-order valence-electron chi connectivity index (χ2n) is 8.45. The third kappa shape index (κ3) is 5.93. The lowest BCUT2D eigenvalue weighted by atomic mass is 9.97. The fourth-order valence-electron chi connectivity index (χ4n) is 3.98. The standard InChI is InChI=1S/C24H33N3O3S/c1-5-23(22-11-6-18(2)16-19(22)3)25-24(28)21-9-7-20(8-10-21)17-31(29,30)27-14-12-26(4)13-15-27/h6-11,16,23H,5,12-15,17H2,1-4H3,(H,25,28)/t23-/m1/s1. The van der Waals surface area contributed by atoms with Crippen LogP contribution in [0.1, 0.15) is 52.0 Å². The van der Waals surface area contributed by atoms with E-state index in [1.807, 2.05) is 7.05 Å². The Bertz CT molecular complexity index is 1010. The Morgan fingerprint density at radius 3 is 2.26 bits per heavy atom. The zero-order valence-electron chi connectivity index (χ0n) is 18.9. The van der Waals surface area contributed by atoms with E-state index in [2.05, 4.69) is 49.2 Å². The van der Waals surface area contributed by atoms with Gasteiger partial charge in [0.25, 0.3) is 5.91 Å². The lowest BCUT2D eigenvalue weighted by molar-refractivity contribution is 0.0935. The highest BCUT2D eigenvalue weighted by atomic mass is 32.2. The second-order valence-corrected chi connectivity index (χ2v) is 10.4. The van der Waals surface area contributed by atoms with Crippen molar-refractivity contribution in [1.29, 1.82) is 0 Å². The van der Waals surface area contributed by atoms with Crippen molar-refractivity contribution < 1.29 is 13.2 Å². The molecule has 0 bridgehead atoms. The van der Waals surface area contributed by atoms with Gasteiger partial charge < -0.3 is 10.2 Å². The van der Waals surface area contributed by atoms with Crippen LogP contribution in [-0.2, 0) is 15.8 Å². The zero-order chi connectivity index (χ0) is 22.6. The van der Waals surface area contributed by atoms with Gasteiger partial charge in [-0.05, 0) is 56.1 Å². The molecule has 1 N–H and O–H groups in total. The van der Waals surface area contributed by atoms with Crippen LogP contribution in [0.3, 0.4) is 0 Å². The smallest absolute Gasteiger partial charge is 0.251 e. The maximum atomic E-state index is 12.8. The first kappa shape index (κ1) is 23.4. The summed E-state index contributed by atoms with van der Waals surface area (Å²) in [5.74, 6) is -0.195. The fourth-order valence-corrected chi connectivity index (χ4v) is 5.49. The number of sulfonamides is 1. The Labute approximate surface area is 186 Å². The van der Waals surface area contributed by atoms with Gasteiger partial charge in [0.1, 0.15) is 0 Å². The van der Waals surface area contributed by atoms with E-state index >= 15 is 0 Å². The normalized spacial score (nSPS) is 16.8. The van der Waals surface area contributed by atoms with Gasteiger partial charge in [-0.25, -0.2) is 8.42 Å². The molecular formula is C24H33N3O3S. The number of nitrogens with zero attached hydrogens (tertiary/aromatic N) is 2. The van der Waals surface area contributed by atoms with Crippen molar-refractivity contribution in [1.82, 2.24) is 14.5 Å². The van der Waals surface area contributed by atoms with Crippen LogP contribution in [0.15, 0.2) is 42.5 Å². The van der Waals surface area contributed by atoms with Crippen molar-refractivity contribution in [3.63, 3.8) is 0 Å². The second kappa shape index (κ2) is 9.94. The van der Waals surface area contributed by atoms with Crippen molar-refractivity contribution in [2.24, 2.45) is 0 Å². The molecule has 0 spiro atoms. The lowest BCUT2D eigenvalue weighted by Gasteiger charge is -2.31. The number of piperazine rings is 1. The minimum atomic E-state index is -3.35. The molecular weight excluding hydrogens is 410 g/mol. The van der Waals surface area contributed by atoms with E-state index in [-0.39, 0.29) is 17.7 Å². The Morgan fingerprint density at radius 2 is 1.68 bits per heavy atom. The van der Waals surface area contributed by atoms with E-state index in [0.717, 1.165) is 30.6 Å². The van der Waals surface area contributed by atoms with E-state index in [1.54, 1.807) is 28.6 Å². The Balaban J connectivity index is 1.65. The molecule has 1 aliphatic rings. The summed E-state index contributed by atoms with van der Waals surface area (Å²) in [6.07, 6.45) is 0.789. The number of likely N-dealkylation sites (N-methyl/N-ethyl adjacent to an activating group) is 1. The van der Waals surface area contributed by atoms with Crippen LogP contribution in [0.25, 0.3) is 0 Å². The van der Waals surface area contributed by atoms with Gasteiger partial charge in [0.2, 0.25) is 10.0 Å². The number of benzene rings is 2. The molecule has 31 heavy (non-hydrogen) atoms. The quantitative estimate of drug-likeness (QED) is 0.713. The molecule has 2 aromatic rings. The highest BCUT2D eigenvalue weighted by Crippen LogP contribution is 2.22. The minimum Gasteiger partial charge on any atom is -0.345 e. The molecule has 1 atom stereocenters. The predicted molar refractivity (Wildman–Crippen MR) is 125 cm³/mol. The van der Waals surface area contributed by atoms with E-state index in [9.17, 15) is 13.2 Å². The molecule has 1 heterocycles. The summed E-state index contributed by atoms with van der Waals surface area (Å²) in [5, 5.41) is 3.11. The number of hydrogen-bond donors (Lipinski definition) is 1. The number of hydrogen-bond acceptors (Lipinski definition) is 4. The van der Waals surface area contributed by atoms with Crippen LogP contribution in [0.2, 0.25) is 0 Å². The highest BCUT2D eigenvalue weighted by Gasteiger charge is 2.26. The van der Waals surface area contributed by atoms with Gasteiger partial charge in [-0.1, -0.05) is 42.8 Å². The summed E-state index contributed by atoms with van der Waals surface area (Å²) in [5.41, 5.74) is 4.71. The molecule has 0 aromatic heterocycles. The largest absolute Gasteiger partial charge is 0.345 e. The van der Waals surface area contributed by atoms with Crippen molar-refractivity contribution in [2.45, 2.75) is 39.0 Å². The number of carbonyl (C=O) groups excluding carboxylic acids is 1. The van der Waals surface area contributed by atoms with Crippen LogP contribution in [0.5, 0.6) is 0 Å². The van der Waals surface area contributed by atoms with E-state index in [1.165, 1.54) is 5.56 Å². The molecule has 1 amide bonds. The minimum absolute atomic E-state index is 0.0429. The summed E-state index contributed by atoms with van der Waals surface area (Å²) in [4.78, 5) is 14.9. The van der Waals surface area contributed by atoms with Crippen LogP contribution >= 0.6 is 0 Å². The zero-order valence-corrected chi connectivity index (χ0v) is 19.7. The molecule has 7 heteroatoms. The Hall–Kier alpha value is -2.22. The Morgan fingerprint density at radius 1 is 1.03 bits per heavy atom. The summed E-state index contributed by atoms with van der Waals surface area (Å²) < 4.78 is 27.0. The van der Waals surface area contributed by atoms with E-state index in [4.69, 9.17) is 0 Å². The molecule has 2 aromatic carbocycles. The molecule has 3 rings (SSSR count). The SMILES string of the molecule is CC[C@@H](NC(=O)c1ccc(CS(=O)(=O)N2CCN(C)CC2)cc1)c1ccc(C)cc1C. The van der Waals surface area contributed by atoms with Gasteiger partial charge in [-0.2, -0.15) is 4.31 Å². The average Bonchev–Trinajstić information content (AvgIpc) is 2.73. The monoisotopic (exact) mass is 443 g/mol. The van der Waals surface area contributed by atoms with Crippen LogP contribution in [0, 0.1) is 13.8 Å². The van der Waals surface area contributed by atoms with Gasteiger partial charge in [0, 0.05) is 31.7 Å². The predicted octanol–water partition coefficient (Wildman–Crippen LogP) is 3.26. The Kier molecular flexibility index (Phi) is 7.51. The average molecular weight is 444 g/mol. The molecule has 0 saturated carbocycles. The summed E-state index contributed by atoms with van der Waals surface area (Å²) in [6.45, 7) is 8.71. The number of rotatable bonds is 7. The summed E-state index contributed by atoms with van der Waals surface area (Å²) >= 11 is 0. The highest BCUT2D eigenvalue weighted by molar-refractivity contribution is 7.88. The first-order valence-electron chi connectivity index (χ1n) is 10.8. The van der Waals surface area contributed by atoms with Gasteiger partial charge >= 0.3 is 0 Å². The van der Waals surface area contributed by atoms with Crippen LogP contribution in [-0.4, -0.2) is 56.8 Å². The lowest BCUT2D eigenvalue weighted by Crippen LogP contribution is -2.47. The molecule has 0 radical (unpaired) electrons. The summed E-state index contributed by atoms with van der Waals surface area (Å²) in [6, 6.07) is 13.1. The van der Waals surface area contributed by atoms with Crippen molar-refractivity contribution >= 4 is 15.9 Å². The first-order chi connectivity index (χ1) is 14.7. The van der Waals surface area contributed by atoms with Crippen molar-refractivity contribution in [3.8, 4) is 0 Å². The third-order valence-corrected chi connectivity index (χ3v) is 7.79. The molecule has 0 aliphatic carbocycles. The maximum absolute atomic E-state index is 12.8. The third-order valence-electron chi connectivity index (χ3n) is 5.94. The molecule has 168 valence electrons.